The van der Waals surface area contributed by atoms with Crippen LogP contribution < -0.4 is 0 Å². The van der Waals surface area contributed by atoms with Gasteiger partial charge in [0.05, 0.1) is 33.5 Å². The molecule has 3 heterocycles. The van der Waals surface area contributed by atoms with E-state index in [0.29, 0.717) is 0 Å². The van der Waals surface area contributed by atoms with E-state index in [1.54, 1.807) is 0 Å². The van der Waals surface area contributed by atoms with E-state index in [9.17, 15) is 0 Å². The fraction of sp³-hybridized carbons (Fsp3) is 0.111. The fourth-order valence-corrected chi connectivity index (χ4v) is 5.36. The second kappa shape index (κ2) is 9.65. The van der Waals surface area contributed by atoms with Gasteiger partial charge in [-0.25, -0.2) is 9.97 Å². The number of hydrogen-bond donors (Lipinski definition) is 0. The molecule has 0 fully saturated rings. The zero-order valence-electron chi connectivity index (χ0n) is 22.8. The average Bonchev–Trinajstić information content (AvgIpc) is 3.00. The van der Waals surface area contributed by atoms with E-state index in [1.165, 1.54) is 0 Å². The van der Waals surface area contributed by atoms with E-state index in [-0.39, 0.29) is 5.92 Å². The molecule has 0 aliphatic heterocycles. The molecule has 0 unspecified atom stereocenters. The van der Waals surface area contributed by atoms with E-state index < -0.39 is 0 Å². The van der Waals surface area contributed by atoms with Crippen molar-refractivity contribution < 1.29 is 0 Å². The Morgan fingerprint density at radius 2 is 1.18 bits per heavy atom. The fourth-order valence-electron chi connectivity index (χ4n) is 5.36. The van der Waals surface area contributed by atoms with Crippen LogP contribution in [0.1, 0.15) is 31.2 Å². The van der Waals surface area contributed by atoms with Crippen molar-refractivity contribution in [2.45, 2.75) is 26.7 Å². The van der Waals surface area contributed by atoms with Crippen molar-refractivity contribution in [1.29, 1.82) is 0 Å². The molecule has 0 N–H and O–H groups in total. The molecule has 0 spiro atoms. The first-order chi connectivity index (χ1) is 19.5. The molecule has 4 aromatic carbocycles. The quantitative estimate of drug-likeness (QED) is 0.219. The van der Waals surface area contributed by atoms with Gasteiger partial charge >= 0.3 is 0 Å². The Morgan fingerprint density at radius 3 is 1.93 bits per heavy atom. The van der Waals surface area contributed by atoms with Gasteiger partial charge in [0.15, 0.2) is 0 Å². The zero-order chi connectivity index (χ0) is 27.2. The summed E-state index contributed by atoms with van der Waals surface area (Å²) < 4.78 is 0. The molecule has 192 valence electrons. The number of aromatic nitrogens is 4. The van der Waals surface area contributed by atoms with Crippen LogP contribution in [0.15, 0.2) is 109 Å². The van der Waals surface area contributed by atoms with Crippen molar-refractivity contribution >= 4 is 32.8 Å². The van der Waals surface area contributed by atoms with Gasteiger partial charge in [0, 0.05) is 33.3 Å². The molecule has 0 atom stereocenters. The number of aryl methyl sites for hydroxylation is 1. The lowest BCUT2D eigenvalue weighted by Crippen LogP contribution is -1.98. The summed E-state index contributed by atoms with van der Waals surface area (Å²) in [7, 11) is 0. The second-order valence-electron chi connectivity index (χ2n) is 10.6. The molecule has 4 heteroatoms. The number of benzene rings is 4. The zero-order valence-corrected chi connectivity index (χ0v) is 22.8. The van der Waals surface area contributed by atoms with Crippen LogP contribution in [0.4, 0.5) is 0 Å². The van der Waals surface area contributed by atoms with Crippen LogP contribution in [0, 0.1) is 6.92 Å². The Morgan fingerprint density at radius 1 is 0.525 bits per heavy atom. The standard InChI is InChI=1S/C36H28N4/c1-22(2)32-21-29(28-19-18-25-17-16-23(3)37-34(25)36(28)40-32)26-12-9-13-27(20-26)35-33(24-10-5-4-6-11-24)38-30-14-7-8-15-31(30)39-35/h4-22H,1-3H3. The summed E-state index contributed by atoms with van der Waals surface area (Å²) in [6, 6.07) is 37.8. The minimum absolute atomic E-state index is 0.280. The first kappa shape index (κ1) is 24.1. The van der Waals surface area contributed by atoms with Crippen molar-refractivity contribution in [2.24, 2.45) is 0 Å². The summed E-state index contributed by atoms with van der Waals surface area (Å²) in [6.07, 6.45) is 0. The van der Waals surface area contributed by atoms with Crippen molar-refractivity contribution in [3.05, 3.63) is 121 Å². The number of pyridine rings is 2. The monoisotopic (exact) mass is 516 g/mol. The van der Waals surface area contributed by atoms with Crippen molar-refractivity contribution in [1.82, 2.24) is 19.9 Å². The normalized spacial score (nSPS) is 11.6. The molecule has 0 aliphatic rings. The predicted octanol–water partition coefficient (Wildman–Crippen LogP) is 9.16. The van der Waals surface area contributed by atoms with Crippen LogP contribution in [-0.4, -0.2) is 19.9 Å². The van der Waals surface area contributed by atoms with Crippen LogP contribution in [0.25, 0.3) is 66.5 Å². The van der Waals surface area contributed by atoms with Gasteiger partial charge in [-0.3, -0.25) is 9.97 Å². The van der Waals surface area contributed by atoms with Gasteiger partial charge in [0.1, 0.15) is 0 Å². The van der Waals surface area contributed by atoms with Gasteiger partial charge < -0.3 is 0 Å². The first-order valence-electron chi connectivity index (χ1n) is 13.7. The lowest BCUT2D eigenvalue weighted by atomic mass is 9.94. The van der Waals surface area contributed by atoms with Crippen LogP contribution in [0.3, 0.4) is 0 Å². The van der Waals surface area contributed by atoms with Gasteiger partial charge in [-0.1, -0.05) is 92.7 Å². The van der Waals surface area contributed by atoms with Crippen molar-refractivity contribution in [2.75, 3.05) is 0 Å². The van der Waals surface area contributed by atoms with Gasteiger partial charge in [0.2, 0.25) is 0 Å². The maximum atomic E-state index is 5.13. The van der Waals surface area contributed by atoms with Crippen LogP contribution in [0.2, 0.25) is 0 Å². The summed E-state index contributed by atoms with van der Waals surface area (Å²) in [4.78, 5) is 20.2. The number of nitrogens with zero attached hydrogens (tertiary/aromatic N) is 4. The second-order valence-corrected chi connectivity index (χ2v) is 10.6. The summed E-state index contributed by atoms with van der Waals surface area (Å²) in [6.45, 7) is 6.41. The van der Waals surface area contributed by atoms with E-state index in [0.717, 1.165) is 77.9 Å². The van der Waals surface area contributed by atoms with Crippen LogP contribution in [0.5, 0.6) is 0 Å². The molecular weight excluding hydrogens is 488 g/mol. The predicted molar refractivity (Wildman–Crippen MR) is 165 cm³/mol. The van der Waals surface area contributed by atoms with Crippen LogP contribution in [-0.2, 0) is 0 Å². The number of hydrogen-bond acceptors (Lipinski definition) is 4. The highest BCUT2D eigenvalue weighted by Gasteiger charge is 2.17. The topological polar surface area (TPSA) is 51.6 Å². The minimum atomic E-state index is 0.280. The smallest absolute Gasteiger partial charge is 0.0974 e. The summed E-state index contributed by atoms with van der Waals surface area (Å²) in [5, 5.41) is 2.20. The molecule has 0 saturated carbocycles. The number of fused-ring (bicyclic) bond motifs is 4. The van der Waals surface area contributed by atoms with Crippen LogP contribution >= 0.6 is 0 Å². The Balaban J connectivity index is 1.48. The Hall–Kier alpha value is -4.96. The lowest BCUT2D eigenvalue weighted by molar-refractivity contribution is 0.831. The first-order valence-corrected chi connectivity index (χ1v) is 13.7. The molecule has 0 radical (unpaired) electrons. The third kappa shape index (κ3) is 4.18. The lowest BCUT2D eigenvalue weighted by Gasteiger charge is -2.15. The van der Waals surface area contributed by atoms with E-state index in [2.05, 4.69) is 80.6 Å². The van der Waals surface area contributed by atoms with Crippen molar-refractivity contribution in [3.63, 3.8) is 0 Å². The minimum Gasteiger partial charge on any atom is -0.251 e. The molecule has 0 saturated heterocycles. The Labute approximate surface area is 233 Å². The van der Waals surface area contributed by atoms with Crippen molar-refractivity contribution in [3.8, 4) is 33.6 Å². The summed E-state index contributed by atoms with van der Waals surface area (Å²) in [5.74, 6) is 0.280. The van der Waals surface area contributed by atoms with Gasteiger partial charge in [-0.05, 0) is 54.3 Å². The molecule has 0 aliphatic carbocycles. The average molecular weight is 517 g/mol. The van der Waals surface area contributed by atoms with E-state index in [1.807, 2.05) is 49.4 Å². The largest absolute Gasteiger partial charge is 0.251 e. The molecular formula is C36H28N4. The maximum Gasteiger partial charge on any atom is 0.0974 e. The maximum absolute atomic E-state index is 5.13. The molecule has 0 bridgehead atoms. The van der Waals surface area contributed by atoms with Gasteiger partial charge in [-0.15, -0.1) is 0 Å². The molecule has 3 aromatic heterocycles. The number of rotatable bonds is 4. The van der Waals surface area contributed by atoms with Gasteiger partial charge in [-0.2, -0.15) is 0 Å². The third-order valence-electron chi connectivity index (χ3n) is 7.45. The summed E-state index contributed by atoms with van der Waals surface area (Å²) in [5.41, 5.74) is 11.8. The third-order valence-corrected chi connectivity index (χ3v) is 7.45. The van der Waals surface area contributed by atoms with E-state index >= 15 is 0 Å². The Kier molecular flexibility index (Phi) is 5.82. The highest BCUT2D eigenvalue weighted by molar-refractivity contribution is 6.08. The van der Waals surface area contributed by atoms with Gasteiger partial charge in [0.25, 0.3) is 0 Å². The molecule has 0 amide bonds. The summed E-state index contributed by atoms with van der Waals surface area (Å²) >= 11 is 0. The highest BCUT2D eigenvalue weighted by Crippen LogP contribution is 2.37. The van der Waals surface area contributed by atoms with E-state index in [4.69, 9.17) is 19.9 Å². The molecule has 40 heavy (non-hydrogen) atoms. The SMILES string of the molecule is Cc1ccc2ccc3c(-c4cccc(-c5nc6ccccc6nc5-c5ccccc5)c4)cc(C(C)C)nc3c2n1. The number of para-hydroxylation sites is 2. The highest BCUT2D eigenvalue weighted by atomic mass is 14.8. The molecule has 7 rings (SSSR count). The molecule has 7 aromatic rings. The molecule has 4 nitrogen and oxygen atoms in total. The Bertz CT molecular complexity index is 2040.